The van der Waals surface area contributed by atoms with Gasteiger partial charge in [-0.15, -0.1) is 0 Å². The van der Waals surface area contributed by atoms with Crippen LogP contribution in [0.5, 0.6) is 0 Å². The molecule has 35 heavy (non-hydrogen) atoms. The van der Waals surface area contributed by atoms with Gasteiger partial charge in [-0.1, -0.05) is 17.7 Å². The average molecular weight is 499 g/mol. The zero-order valence-electron chi connectivity index (χ0n) is 21.4. The van der Waals surface area contributed by atoms with Gasteiger partial charge >= 0.3 is 5.97 Å². The molecule has 3 rings (SSSR count). The molecule has 2 N–H and O–H groups in total. The zero-order chi connectivity index (χ0) is 26.1. The Labute approximate surface area is 207 Å². The SMILES string of the molecule is Cc1cc(C)c(S(=O)(=O)Nc2ccc(N(C)CCCc3c(C)nn(C)c3C)c(C(=O)O)c2)c(C)c1. The molecular formula is C26H34N4O4S. The number of benzene rings is 2. The highest BCUT2D eigenvalue weighted by Gasteiger charge is 2.22. The smallest absolute Gasteiger partial charge is 0.337 e. The maximum atomic E-state index is 13.1. The van der Waals surface area contributed by atoms with Crippen LogP contribution >= 0.6 is 0 Å². The number of carboxylic acid groups (broad SMARTS) is 1. The van der Waals surface area contributed by atoms with E-state index in [0.717, 1.165) is 29.8 Å². The number of carboxylic acids is 1. The molecule has 0 saturated heterocycles. The van der Waals surface area contributed by atoms with E-state index in [-0.39, 0.29) is 16.1 Å². The molecule has 0 aliphatic rings. The fraction of sp³-hybridized carbons (Fsp3) is 0.385. The molecule has 0 spiro atoms. The number of anilines is 2. The van der Waals surface area contributed by atoms with Crippen LogP contribution < -0.4 is 9.62 Å². The molecule has 0 fully saturated rings. The molecule has 0 saturated carbocycles. The third-order valence-electron chi connectivity index (χ3n) is 6.34. The molecule has 0 aliphatic heterocycles. The van der Waals surface area contributed by atoms with E-state index in [9.17, 15) is 18.3 Å². The minimum atomic E-state index is -3.88. The van der Waals surface area contributed by atoms with E-state index >= 15 is 0 Å². The second kappa shape index (κ2) is 10.1. The number of rotatable bonds is 9. The molecule has 8 nitrogen and oxygen atoms in total. The number of hydrogen-bond donors (Lipinski definition) is 2. The topological polar surface area (TPSA) is 105 Å². The van der Waals surface area contributed by atoms with Gasteiger partial charge in [0, 0.05) is 32.0 Å². The molecule has 0 aliphatic carbocycles. The second-order valence-corrected chi connectivity index (χ2v) is 10.8. The molecule has 0 bridgehead atoms. The van der Waals surface area contributed by atoms with Gasteiger partial charge in [0.25, 0.3) is 10.0 Å². The van der Waals surface area contributed by atoms with Gasteiger partial charge in [0.1, 0.15) is 0 Å². The van der Waals surface area contributed by atoms with Crippen LogP contribution in [-0.2, 0) is 23.5 Å². The van der Waals surface area contributed by atoms with E-state index in [4.69, 9.17) is 0 Å². The van der Waals surface area contributed by atoms with Crippen molar-refractivity contribution in [2.75, 3.05) is 23.2 Å². The van der Waals surface area contributed by atoms with E-state index in [0.29, 0.717) is 23.4 Å². The highest BCUT2D eigenvalue weighted by atomic mass is 32.2. The lowest BCUT2D eigenvalue weighted by atomic mass is 10.1. The number of carbonyl (C=O) groups is 1. The maximum absolute atomic E-state index is 13.1. The predicted octanol–water partition coefficient (Wildman–Crippen LogP) is 4.53. The van der Waals surface area contributed by atoms with E-state index in [2.05, 4.69) is 9.82 Å². The van der Waals surface area contributed by atoms with Crippen molar-refractivity contribution >= 4 is 27.4 Å². The second-order valence-electron chi connectivity index (χ2n) is 9.17. The van der Waals surface area contributed by atoms with Gasteiger partial charge in [0.15, 0.2) is 0 Å². The molecule has 0 atom stereocenters. The molecule has 1 heterocycles. The third-order valence-corrected chi connectivity index (χ3v) is 8.03. The Balaban J connectivity index is 1.80. The van der Waals surface area contributed by atoms with Crippen LogP contribution in [0.25, 0.3) is 0 Å². The molecule has 0 radical (unpaired) electrons. The predicted molar refractivity (Wildman–Crippen MR) is 139 cm³/mol. The van der Waals surface area contributed by atoms with Crippen molar-refractivity contribution in [2.24, 2.45) is 7.05 Å². The number of sulfonamides is 1. The summed E-state index contributed by atoms with van der Waals surface area (Å²) in [5, 5.41) is 14.3. The van der Waals surface area contributed by atoms with Gasteiger partial charge in [-0.2, -0.15) is 5.10 Å². The first kappa shape index (κ1) is 26.3. The van der Waals surface area contributed by atoms with E-state index in [1.54, 1.807) is 26.0 Å². The number of aromatic carboxylic acids is 1. The lowest BCUT2D eigenvalue weighted by molar-refractivity contribution is 0.0697. The fourth-order valence-electron chi connectivity index (χ4n) is 4.69. The molecule has 3 aromatic rings. The number of aromatic nitrogens is 2. The van der Waals surface area contributed by atoms with Crippen LogP contribution in [-0.4, -0.2) is 42.9 Å². The highest BCUT2D eigenvalue weighted by molar-refractivity contribution is 7.92. The Morgan fingerprint density at radius 3 is 2.26 bits per heavy atom. The Hall–Kier alpha value is -3.33. The van der Waals surface area contributed by atoms with Gasteiger partial charge < -0.3 is 10.0 Å². The lowest BCUT2D eigenvalue weighted by Crippen LogP contribution is -2.22. The Kier molecular flexibility index (Phi) is 7.59. The van der Waals surface area contributed by atoms with Crippen molar-refractivity contribution in [1.82, 2.24) is 9.78 Å². The summed E-state index contributed by atoms with van der Waals surface area (Å²) >= 11 is 0. The summed E-state index contributed by atoms with van der Waals surface area (Å²) in [6.45, 7) is 10.1. The van der Waals surface area contributed by atoms with Crippen LogP contribution in [0.4, 0.5) is 11.4 Å². The molecule has 2 aromatic carbocycles. The number of nitrogens with zero attached hydrogens (tertiary/aromatic N) is 3. The van der Waals surface area contributed by atoms with Crippen molar-refractivity contribution in [2.45, 2.75) is 52.4 Å². The van der Waals surface area contributed by atoms with Crippen molar-refractivity contribution < 1.29 is 18.3 Å². The van der Waals surface area contributed by atoms with Crippen LogP contribution in [0, 0.1) is 34.6 Å². The quantitative estimate of drug-likeness (QED) is 0.449. The average Bonchev–Trinajstić information content (AvgIpc) is 2.98. The Morgan fingerprint density at radius 1 is 1.09 bits per heavy atom. The standard InChI is InChI=1S/C26H34N4O4S/c1-16-13-17(2)25(18(3)14-16)35(33,34)28-21-10-11-24(23(15-21)26(31)32)29(6)12-8-9-22-19(4)27-30(7)20(22)5/h10-11,13-15,28H,8-9,12H2,1-7H3,(H,31,32). The molecule has 188 valence electrons. The highest BCUT2D eigenvalue weighted by Crippen LogP contribution is 2.28. The van der Waals surface area contributed by atoms with Gasteiger partial charge in [0.05, 0.1) is 21.8 Å². The molecule has 0 amide bonds. The number of hydrogen-bond acceptors (Lipinski definition) is 5. The van der Waals surface area contributed by atoms with Crippen molar-refractivity contribution in [3.8, 4) is 0 Å². The van der Waals surface area contributed by atoms with E-state index in [1.807, 2.05) is 56.6 Å². The Morgan fingerprint density at radius 2 is 1.71 bits per heavy atom. The maximum Gasteiger partial charge on any atom is 0.337 e. The zero-order valence-corrected chi connectivity index (χ0v) is 22.2. The summed E-state index contributed by atoms with van der Waals surface area (Å²) in [5.74, 6) is -1.12. The van der Waals surface area contributed by atoms with Gasteiger partial charge in [-0.3, -0.25) is 9.40 Å². The summed E-state index contributed by atoms with van der Waals surface area (Å²) in [5.41, 5.74) is 6.40. The number of aryl methyl sites for hydroxylation is 5. The van der Waals surface area contributed by atoms with Gasteiger partial charge in [-0.05, 0) is 82.3 Å². The van der Waals surface area contributed by atoms with Crippen LogP contribution in [0.2, 0.25) is 0 Å². The van der Waals surface area contributed by atoms with E-state index < -0.39 is 16.0 Å². The van der Waals surface area contributed by atoms with Gasteiger partial charge in [0.2, 0.25) is 0 Å². The molecular weight excluding hydrogens is 464 g/mol. The third kappa shape index (κ3) is 5.67. The van der Waals surface area contributed by atoms with Crippen LogP contribution in [0.1, 0.15) is 50.4 Å². The van der Waals surface area contributed by atoms with Gasteiger partial charge in [-0.25, -0.2) is 13.2 Å². The first-order valence-corrected chi connectivity index (χ1v) is 13.0. The summed E-state index contributed by atoms with van der Waals surface area (Å²) < 4.78 is 30.7. The first-order valence-electron chi connectivity index (χ1n) is 11.5. The summed E-state index contributed by atoms with van der Waals surface area (Å²) in [7, 11) is -0.117. The minimum Gasteiger partial charge on any atom is -0.478 e. The normalized spacial score (nSPS) is 11.5. The Bertz CT molecular complexity index is 1350. The summed E-state index contributed by atoms with van der Waals surface area (Å²) in [4.78, 5) is 14.1. The van der Waals surface area contributed by atoms with Crippen LogP contribution in [0.15, 0.2) is 35.2 Å². The van der Waals surface area contributed by atoms with Crippen molar-refractivity contribution in [3.63, 3.8) is 0 Å². The minimum absolute atomic E-state index is 0.0405. The largest absolute Gasteiger partial charge is 0.478 e. The lowest BCUT2D eigenvalue weighted by Gasteiger charge is -2.22. The molecule has 1 aromatic heterocycles. The molecule has 0 unspecified atom stereocenters. The summed E-state index contributed by atoms with van der Waals surface area (Å²) in [6, 6.07) is 8.26. The van der Waals surface area contributed by atoms with Crippen molar-refractivity contribution in [1.29, 1.82) is 0 Å². The monoisotopic (exact) mass is 498 g/mol. The van der Waals surface area contributed by atoms with E-state index in [1.165, 1.54) is 11.6 Å². The first-order chi connectivity index (χ1) is 16.3. The van der Waals surface area contributed by atoms with Crippen molar-refractivity contribution in [3.05, 3.63) is 69.5 Å². The number of nitrogens with one attached hydrogen (secondary N) is 1. The van der Waals surface area contributed by atoms with Crippen LogP contribution in [0.3, 0.4) is 0 Å². The molecule has 9 heteroatoms. The summed E-state index contributed by atoms with van der Waals surface area (Å²) in [6.07, 6.45) is 1.66. The fourth-order valence-corrected chi connectivity index (χ4v) is 6.20.